The van der Waals surface area contributed by atoms with Crippen LogP contribution in [0.5, 0.6) is 5.75 Å². The molecule has 5 rings (SSSR count). The first-order valence-electron chi connectivity index (χ1n) is 9.93. The minimum Gasteiger partial charge on any atom is -0.487 e. The molecule has 1 atom stereocenters. The van der Waals surface area contributed by atoms with Crippen molar-refractivity contribution in [1.82, 2.24) is 10.2 Å². The Labute approximate surface area is 165 Å². The summed E-state index contributed by atoms with van der Waals surface area (Å²) in [6.07, 6.45) is 2.37. The van der Waals surface area contributed by atoms with E-state index in [1.54, 1.807) is 0 Å². The molecule has 146 valence electrons. The lowest BCUT2D eigenvalue weighted by Crippen LogP contribution is -2.69. The molecule has 0 spiro atoms. The van der Waals surface area contributed by atoms with E-state index in [1.807, 2.05) is 39.0 Å². The van der Waals surface area contributed by atoms with Gasteiger partial charge in [-0.3, -0.25) is 9.69 Å². The molecule has 3 aliphatic heterocycles. The Balaban J connectivity index is 1.59. The van der Waals surface area contributed by atoms with Crippen LogP contribution in [0, 0.1) is 5.92 Å². The topological polar surface area (TPSA) is 41.6 Å². The highest BCUT2D eigenvalue weighted by atomic mass is 32.1. The second-order valence-corrected chi connectivity index (χ2v) is 10.5. The number of carbonyl (C=O) groups is 1. The van der Waals surface area contributed by atoms with Gasteiger partial charge in [-0.05, 0) is 84.0 Å². The number of hydrogen-bond acceptors (Lipinski definition) is 4. The highest BCUT2D eigenvalue weighted by Crippen LogP contribution is 2.40. The summed E-state index contributed by atoms with van der Waals surface area (Å²) >= 11 is 1.53. The maximum Gasteiger partial charge on any atom is 0.261 e. The van der Waals surface area contributed by atoms with Crippen LogP contribution < -0.4 is 10.1 Å². The second-order valence-electron chi connectivity index (χ2n) is 9.43. The van der Waals surface area contributed by atoms with Gasteiger partial charge in [0, 0.05) is 11.6 Å². The van der Waals surface area contributed by atoms with Crippen LogP contribution in [0.15, 0.2) is 24.3 Å². The van der Waals surface area contributed by atoms with Gasteiger partial charge < -0.3 is 10.1 Å². The van der Waals surface area contributed by atoms with E-state index in [2.05, 4.69) is 30.1 Å². The van der Waals surface area contributed by atoms with Gasteiger partial charge >= 0.3 is 0 Å². The number of benzene rings is 1. The fraction of sp³-hybridized carbons (Fsp3) is 0.591. The lowest BCUT2D eigenvalue weighted by Gasteiger charge is -2.56. The van der Waals surface area contributed by atoms with Gasteiger partial charge in [-0.2, -0.15) is 0 Å². The Morgan fingerprint density at radius 3 is 2.59 bits per heavy atom. The molecule has 3 aliphatic rings. The average molecular weight is 387 g/mol. The van der Waals surface area contributed by atoms with Crippen molar-refractivity contribution in [2.75, 3.05) is 13.1 Å². The number of hydrogen-bond donors (Lipinski definition) is 1. The molecular formula is C22H30N2O2S. The number of nitrogens with zero attached hydrogens (tertiary/aromatic N) is 1. The van der Waals surface area contributed by atoms with Crippen molar-refractivity contribution in [2.45, 2.75) is 64.6 Å². The monoisotopic (exact) mass is 386 g/mol. The maximum atomic E-state index is 13.1. The summed E-state index contributed by atoms with van der Waals surface area (Å²) in [6.45, 7) is 13.0. The quantitative estimate of drug-likeness (QED) is 0.833. The molecule has 0 aliphatic carbocycles. The molecule has 27 heavy (non-hydrogen) atoms. The van der Waals surface area contributed by atoms with E-state index < -0.39 is 0 Å². The lowest BCUT2D eigenvalue weighted by molar-refractivity contribution is -0.0377. The summed E-state index contributed by atoms with van der Waals surface area (Å²) in [7, 11) is 0. The summed E-state index contributed by atoms with van der Waals surface area (Å²) in [4.78, 5) is 16.4. The number of ether oxygens (including phenoxy) is 1. The molecule has 0 radical (unpaired) electrons. The van der Waals surface area contributed by atoms with Crippen molar-refractivity contribution in [1.29, 1.82) is 0 Å². The van der Waals surface area contributed by atoms with Gasteiger partial charge in [0.2, 0.25) is 0 Å². The largest absolute Gasteiger partial charge is 0.487 e. The Hall–Kier alpha value is -1.59. The zero-order chi connectivity index (χ0) is 19.4. The molecule has 2 bridgehead atoms. The van der Waals surface area contributed by atoms with Crippen LogP contribution in [0.1, 0.15) is 57.1 Å². The van der Waals surface area contributed by atoms with Gasteiger partial charge in [-0.1, -0.05) is 12.1 Å². The Morgan fingerprint density at radius 1 is 1.26 bits per heavy atom. The highest BCUT2D eigenvalue weighted by Gasteiger charge is 2.48. The first kappa shape index (κ1) is 18.8. The molecule has 0 unspecified atom stereocenters. The van der Waals surface area contributed by atoms with Crippen LogP contribution in [0.3, 0.4) is 0 Å². The van der Waals surface area contributed by atoms with E-state index in [0.29, 0.717) is 5.92 Å². The van der Waals surface area contributed by atoms with E-state index in [1.165, 1.54) is 24.2 Å². The van der Waals surface area contributed by atoms with Crippen LogP contribution in [0.2, 0.25) is 0 Å². The molecular weight excluding hydrogens is 356 g/mol. The number of carbonyl (C=O) groups excluding carboxylic acids is 1. The van der Waals surface area contributed by atoms with E-state index >= 15 is 0 Å². The van der Waals surface area contributed by atoms with Gasteiger partial charge in [0.25, 0.3) is 5.91 Å². The highest BCUT2D eigenvalue weighted by molar-refractivity contribution is 7.21. The lowest BCUT2D eigenvalue weighted by atomic mass is 9.72. The summed E-state index contributed by atoms with van der Waals surface area (Å²) in [5.41, 5.74) is -0.242. The smallest absolute Gasteiger partial charge is 0.261 e. The molecule has 1 aromatic carbocycles. The first-order chi connectivity index (χ1) is 12.6. The van der Waals surface area contributed by atoms with Crippen molar-refractivity contribution in [3.63, 3.8) is 0 Å². The summed E-state index contributed by atoms with van der Waals surface area (Å²) in [5.74, 6) is 1.49. The van der Waals surface area contributed by atoms with Crippen LogP contribution in [0.25, 0.3) is 10.1 Å². The van der Waals surface area contributed by atoms with Crippen molar-refractivity contribution in [3.8, 4) is 5.75 Å². The third kappa shape index (κ3) is 3.47. The van der Waals surface area contributed by atoms with E-state index in [-0.39, 0.29) is 23.1 Å². The minimum absolute atomic E-state index is 0.0218. The molecule has 0 saturated carbocycles. The summed E-state index contributed by atoms with van der Waals surface area (Å²) < 4.78 is 7.15. The van der Waals surface area contributed by atoms with E-state index in [0.717, 1.165) is 33.8 Å². The van der Waals surface area contributed by atoms with Crippen molar-refractivity contribution in [2.24, 2.45) is 5.92 Å². The van der Waals surface area contributed by atoms with E-state index in [9.17, 15) is 4.79 Å². The third-order valence-corrected chi connectivity index (χ3v) is 7.19. The molecule has 2 aromatic rings. The average Bonchev–Trinajstić information content (AvgIpc) is 3.02. The maximum absolute atomic E-state index is 13.1. The normalized spacial score (nSPS) is 26.9. The molecule has 4 heterocycles. The minimum atomic E-state index is -0.263. The van der Waals surface area contributed by atoms with Crippen molar-refractivity contribution in [3.05, 3.63) is 29.1 Å². The van der Waals surface area contributed by atoms with Gasteiger partial charge in [0.1, 0.15) is 11.4 Å². The SMILES string of the molecule is CC(C)(C)Oc1cccc2cc(C(=O)N[C@H]3C4CCN(CC4)C3(C)C)sc12. The van der Waals surface area contributed by atoms with Crippen LogP contribution in [0.4, 0.5) is 0 Å². The standard InChI is InChI=1S/C22H30N2O2S/c1-21(2,3)26-16-8-6-7-15-13-17(27-18(15)16)20(25)23-19-14-9-11-24(12-10-14)22(19,4)5/h6-8,13-14,19H,9-12H2,1-5H3,(H,23,25)/t19-/m0/s1. The first-order valence-corrected chi connectivity index (χ1v) is 10.7. The number of thiophene rings is 1. The predicted molar refractivity (Wildman–Crippen MR) is 112 cm³/mol. The number of fused-ring (bicyclic) bond motifs is 4. The molecule has 1 N–H and O–H groups in total. The van der Waals surface area contributed by atoms with Gasteiger partial charge in [-0.25, -0.2) is 0 Å². The number of piperidine rings is 3. The van der Waals surface area contributed by atoms with Crippen molar-refractivity contribution < 1.29 is 9.53 Å². The fourth-order valence-electron chi connectivity index (χ4n) is 4.65. The van der Waals surface area contributed by atoms with Crippen LogP contribution in [-0.4, -0.2) is 41.1 Å². The van der Waals surface area contributed by atoms with Gasteiger partial charge in [0.05, 0.1) is 9.58 Å². The van der Waals surface area contributed by atoms with E-state index in [4.69, 9.17) is 4.74 Å². The fourth-order valence-corrected chi connectivity index (χ4v) is 5.66. The molecule has 3 fully saturated rings. The Kier molecular flexibility index (Phi) is 4.51. The molecule has 4 nitrogen and oxygen atoms in total. The zero-order valence-corrected chi connectivity index (χ0v) is 17.8. The zero-order valence-electron chi connectivity index (χ0n) is 17.0. The molecule has 1 aromatic heterocycles. The van der Waals surface area contributed by atoms with Crippen LogP contribution in [-0.2, 0) is 0 Å². The molecule has 5 heteroatoms. The predicted octanol–water partition coefficient (Wildman–Crippen LogP) is 4.68. The van der Waals surface area contributed by atoms with Crippen LogP contribution >= 0.6 is 11.3 Å². The van der Waals surface area contributed by atoms with Crippen molar-refractivity contribution >= 4 is 27.3 Å². The Morgan fingerprint density at radius 2 is 1.96 bits per heavy atom. The molecule has 3 saturated heterocycles. The third-order valence-electron chi connectivity index (χ3n) is 6.02. The Bertz CT molecular complexity index is 857. The molecule has 1 amide bonds. The van der Waals surface area contributed by atoms with Gasteiger partial charge in [-0.15, -0.1) is 11.3 Å². The second kappa shape index (κ2) is 6.49. The number of rotatable bonds is 3. The summed E-state index contributed by atoms with van der Waals surface area (Å²) in [5, 5.41) is 4.44. The van der Waals surface area contributed by atoms with Gasteiger partial charge in [0.15, 0.2) is 0 Å². The number of amides is 1. The number of nitrogens with one attached hydrogen (secondary N) is 1. The summed E-state index contributed by atoms with van der Waals surface area (Å²) in [6, 6.07) is 8.24.